The molecule has 1 aliphatic heterocycles. The largest absolute Gasteiger partial charge is 0.494 e. The smallest absolute Gasteiger partial charge is 0.448 e. The number of aromatic nitrogens is 1. The Balaban J connectivity index is 2.18. The summed E-state index contributed by atoms with van der Waals surface area (Å²) in [6.07, 6.45) is 0.561. The van der Waals surface area contributed by atoms with Gasteiger partial charge < -0.3 is 15.1 Å². The van der Waals surface area contributed by atoms with Gasteiger partial charge in [-0.05, 0) is 0 Å². The van der Waals surface area contributed by atoms with E-state index in [1.165, 1.54) is 0 Å². The van der Waals surface area contributed by atoms with Crippen molar-refractivity contribution in [3.63, 3.8) is 0 Å². The number of hydrogen-bond donors (Lipinski definition) is 2. The molecule has 0 saturated carbocycles. The van der Waals surface area contributed by atoms with Gasteiger partial charge in [-0.3, -0.25) is 9.59 Å². The molecule has 0 spiro atoms. The van der Waals surface area contributed by atoms with Crippen LogP contribution in [-0.2, 0) is 14.4 Å². The number of nitrogens with zero attached hydrogens (tertiary/aromatic N) is 2. The average Bonchev–Trinajstić information content (AvgIpc) is 2.75. The van der Waals surface area contributed by atoms with Gasteiger partial charge in [0.05, 0.1) is 0 Å². The summed E-state index contributed by atoms with van der Waals surface area (Å²) in [6, 6.07) is 2.09. The second kappa shape index (κ2) is 3.67. The second-order valence-electron chi connectivity index (χ2n) is 3.05. The maximum Gasteiger partial charge on any atom is 0.448 e. The van der Waals surface area contributed by atoms with Gasteiger partial charge in [-0.2, -0.15) is 4.57 Å². The number of aromatic hydroxyl groups is 2. The Labute approximate surface area is 93.9 Å². The fourth-order valence-electron chi connectivity index (χ4n) is 1.20. The molecular formula is C9H6N2O6. The highest BCUT2D eigenvalue weighted by molar-refractivity contribution is 6.12. The van der Waals surface area contributed by atoms with E-state index in [9.17, 15) is 24.6 Å². The van der Waals surface area contributed by atoms with E-state index in [2.05, 4.69) is 4.84 Å². The molecule has 0 bridgehead atoms. The third-order valence-electron chi connectivity index (χ3n) is 1.96. The number of carbonyl (C=O) groups is 3. The van der Waals surface area contributed by atoms with Crippen molar-refractivity contribution in [2.75, 3.05) is 0 Å². The molecule has 8 nitrogen and oxygen atoms in total. The third-order valence-corrected chi connectivity index (χ3v) is 1.96. The molecule has 2 rings (SSSR count). The van der Waals surface area contributed by atoms with Gasteiger partial charge in [0, 0.05) is 24.3 Å². The molecular weight excluding hydrogens is 232 g/mol. The Bertz CT molecular complexity index is 506. The van der Waals surface area contributed by atoms with Crippen LogP contribution in [0.3, 0.4) is 0 Å². The Hall–Kier alpha value is -2.77. The van der Waals surface area contributed by atoms with Gasteiger partial charge in [-0.25, -0.2) is 4.79 Å². The fourth-order valence-corrected chi connectivity index (χ4v) is 1.20. The second-order valence-corrected chi connectivity index (χ2v) is 3.05. The molecule has 17 heavy (non-hydrogen) atoms. The highest BCUT2D eigenvalue weighted by Gasteiger charge is 2.29. The van der Waals surface area contributed by atoms with Crippen LogP contribution in [0, 0.1) is 0 Å². The zero-order valence-corrected chi connectivity index (χ0v) is 8.23. The van der Waals surface area contributed by atoms with Crippen LogP contribution in [0.15, 0.2) is 24.3 Å². The van der Waals surface area contributed by atoms with E-state index in [0.717, 1.165) is 24.3 Å². The maximum atomic E-state index is 11.4. The lowest BCUT2D eigenvalue weighted by Gasteiger charge is -2.13. The van der Waals surface area contributed by atoms with Gasteiger partial charge in [0.1, 0.15) is 0 Å². The van der Waals surface area contributed by atoms with Gasteiger partial charge in [-0.1, -0.05) is 5.06 Å². The lowest BCUT2D eigenvalue weighted by molar-refractivity contribution is -0.169. The monoisotopic (exact) mass is 238 g/mol. The van der Waals surface area contributed by atoms with Gasteiger partial charge in [-0.15, -0.1) is 0 Å². The first-order valence-electron chi connectivity index (χ1n) is 4.39. The quantitative estimate of drug-likeness (QED) is 0.651. The number of hydroxylamine groups is 2. The minimum Gasteiger partial charge on any atom is -0.494 e. The first kappa shape index (κ1) is 10.7. The molecule has 1 aromatic rings. The zero-order valence-electron chi connectivity index (χ0n) is 8.23. The van der Waals surface area contributed by atoms with Crippen molar-refractivity contribution in [1.29, 1.82) is 0 Å². The molecule has 0 atom stereocenters. The number of imide groups is 1. The van der Waals surface area contributed by atoms with Gasteiger partial charge in [0.25, 0.3) is 11.8 Å². The summed E-state index contributed by atoms with van der Waals surface area (Å²) in [6.45, 7) is 0. The van der Waals surface area contributed by atoms with E-state index in [1.807, 2.05) is 0 Å². The van der Waals surface area contributed by atoms with Gasteiger partial charge in [0.2, 0.25) is 11.8 Å². The van der Waals surface area contributed by atoms with Crippen molar-refractivity contribution < 1.29 is 29.4 Å². The SMILES string of the molecule is O=C1C=CC(=O)N1OC(=O)n1c(O)ccc1O. The van der Waals surface area contributed by atoms with E-state index in [4.69, 9.17) is 0 Å². The van der Waals surface area contributed by atoms with E-state index < -0.39 is 29.7 Å². The molecule has 0 unspecified atom stereocenters. The normalized spacial score (nSPS) is 14.5. The number of rotatable bonds is 1. The van der Waals surface area contributed by atoms with Crippen LogP contribution in [-0.4, -0.2) is 37.8 Å². The van der Waals surface area contributed by atoms with E-state index in [-0.39, 0.29) is 5.06 Å². The number of amides is 2. The minimum atomic E-state index is -1.28. The van der Waals surface area contributed by atoms with Crippen molar-refractivity contribution in [2.45, 2.75) is 0 Å². The Kier molecular flexibility index (Phi) is 2.32. The predicted molar refractivity (Wildman–Crippen MR) is 50.6 cm³/mol. The molecule has 1 aliphatic rings. The minimum absolute atomic E-state index is 0.210. The van der Waals surface area contributed by atoms with E-state index >= 15 is 0 Å². The number of hydrogen-bond acceptors (Lipinski definition) is 6. The molecule has 8 heteroatoms. The average molecular weight is 238 g/mol. The molecule has 2 heterocycles. The van der Waals surface area contributed by atoms with Crippen molar-refractivity contribution in [3.8, 4) is 11.8 Å². The van der Waals surface area contributed by atoms with Crippen molar-refractivity contribution in [3.05, 3.63) is 24.3 Å². The highest BCUT2D eigenvalue weighted by atomic mass is 16.7. The van der Waals surface area contributed by atoms with Crippen LogP contribution < -0.4 is 0 Å². The molecule has 0 saturated heterocycles. The number of carbonyl (C=O) groups excluding carboxylic acids is 3. The van der Waals surface area contributed by atoms with Crippen molar-refractivity contribution >= 4 is 17.9 Å². The van der Waals surface area contributed by atoms with Crippen LogP contribution in [0.25, 0.3) is 0 Å². The molecule has 0 fully saturated rings. The predicted octanol–water partition coefficient (Wildman–Crippen LogP) is -0.276. The van der Waals surface area contributed by atoms with Crippen LogP contribution in [0.1, 0.15) is 0 Å². The van der Waals surface area contributed by atoms with Gasteiger partial charge in [0.15, 0.2) is 0 Å². The summed E-state index contributed by atoms with van der Waals surface area (Å²) in [7, 11) is 0. The molecule has 0 radical (unpaired) electrons. The van der Waals surface area contributed by atoms with Crippen molar-refractivity contribution in [2.24, 2.45) is 0 Å². The molecule has 0 aromatic carbocycles. The molecule has 88 valence electrons. The summed E-state index contributed by atoms with van der Waals surface area (Å²) in [5, 5.41) is 18.6. The van der Waals surface area contributed by atoms with E-state index in [0.29, 0.717) is 4.57 Å². The van der Waals surface area contributed by atoms with Crippen LogP contribution in [0.4, 0.5) is 4.79 Å². The van der Waals surface area contributed by atoms with E-state index in [1.54, 1.807) is 0 Å². The fraction of sp³-hybridized carbons (Fsp3) is 0. The lowest BCUT2D eigenvalue weighted by Crippen LogP contribution is -2.34. The van der Waals surface area contributed by atoms with Gasteiger partial charge >= 0.3 is 6.09 Å². The van der Waals surface area contributed by atoms with Crippen LogP contribution in [0.2, 0.25) is 0 Å². The summed E-state index contributed by atoms with van der Waals surface area (Å²) in [5.41, 5.74) is 0. The first-order chi connectivity index (χ1) is 8.00. The van der Waals surface area contributed by atoms with Crippen LogP contribution in [0.5, 0.6) is 11.8 Å². The Morgan fingerprint density at radius 2 is 1.53 bits per heavy atom. The van der Waals surface area contributed by atoms with Crippen LogP contribution >= 0.6 is 0 Å². The Morgan fingerprint density at radius 1 is 1.06 bits per heavy atom. The lowest BCUT2D eigenvalue weighted by atomic mass is 10.6. The zero-order chi connectivity index (χ0) is 12.6. The molecule has 0 aliphatic carbocycles. The topological polar surface area (TPSA) is 109 Å². The maximum absolute atomic E-state index is 11.4. The molecule has 2 amide bonds. The van der Waals surface area contributed by atoms with Crippen molar-refractivity contribution in [1.82, 2.24) is 9.63 Å². The molecule has 1 aromatic heterocycles. The summed E-state index contributed by atoms with van der Waals surface area (Å²) < 4.78 is 0.388. The standard InChI is InChI=1S/C9H6N2O6/c12-5-1-2-6(13)10(5)9(16)17-11-7(14)3-4-8(11)15/h1-4,12-13H. The summed E-state index contributed by atoms with van der Waals surface area (Å²) in [4.78, 5) is 38.0. The summed E-state index contributed by atoms with van der Waals surface area (Å²) >= 11 is 0. The first-order valence-corrected chi connectivity index (χ1v) is 4.39. The molecule has 2 N–H and O–H groups in total. The highest BCUT2D eigenvalue weighted by Crippen LogP contribution is 2.21. The Morgan fingerprint density at radius 3 is 2.00 bits per heavy atom. The summed E-state index contributed by atoms with van der Waals surface area (Å²) in [5.74, 6) is -2.82. The third kappa shape index (κ3) is 1.71.